The summed E-state index contributed by atoms with van der Waals surface area (Å²) in [6.45, 7) is 7.03. The standard InChI is InChI=1S/C19H17BBrF2N3O2/c1-10-7-12(3)24-18(10)17(14-5-6-15(21)16(9-14)26(27)28)19-11(2)8-13(4)25(19)20(22)23/h5-9H,1-4H3/b18-17-. The zero-order valence-electron chi connectivity index (χ0n) is 15.8. The predicted molar refractivity (Wildman–Crippen MR) is 111 cm³/mol. The van der Waals surface area contributed by atoms with Gasteiger partial charge in [-0.2, -0.15) is 0 Å². The molecule has 0 atom stereocenters. The van der Waals surface area contributed by atoms with Crippen molar-refractivity contribution in [2.45, 2.75) is 27.7 Å². The maximum absolute atomic E-state index is 13.9. The van der Waals surface area contributed by atoms with Crippen LogP contribution in [0.4, 0.5) is 14.3 Å². The average Bonchev–Trinajstić information content (AvgIpc) is 3.07. The first-order chi connectivity index (χ1) is 13.1. The van der Waals surface area contributed by atoms with Crippen molar-refractivity contribution < 1.29 is 13.6 Å². The number of nitrogens with zero attached hydrogens (tertiary/aromatic N) is 3. The van der Waals surface area contributed by atoms with Crippen LogP contribution in [0.1, 0.15) is 36.4 Å². The molecule has 0 N–H and O–H groups in total. The molecular weight excluding hydrogens is 431 g/mol. The second-order valence-electron chi connectivity index (χ2n) is 6.69. The van der Waals surface area contributed by atoms with Crippen LogP contribution >= 0.6 is 15.9 Å². The summed E-state index contributed by atoms with van der Waals surface area (Å²) in [4.78, 5) is 15.4. The van der Waals surface area contributed by atoms with Crippen LogP contribution in [0.15, 0.2) is 51.1 Å². The number of hydrogen-bond acceptors (Lipinski definition) is 3. The van der Waals surface area contributed by atoms with Crippen LogP contribution < -0.4 is 0 Å². The molecule has 5 nitrogen and oxygen atoms in total. The summed E-state index contributed by atoms with van der Waals surface area (Å²) < 4.78 is 29.0. The molecule has 0 aliphatic carbocycles. The van der Waals surface area contributed by atoms with E-state index in [-0.39, 0.29) is 5.69 Å². The lowest BCUT2D eigenvalue weighted by Crippen LogP contribution is -2.18. The fourth-order valence-corrected chi connectivity index (χ4v) is 3.90. The van der Waals surface area contributed by atoms with E-state index in [0.717, 1.165) is 15.8 Å². The number of nitro benzene ring substituents is 1. The van der Waals surface area contributed by atoms with E-state index in [4.69, 9.17) is 0 Å². The molecule has 1 aliphatic rings. The minimum Gasteiger partial charge on any atom is -0.329 e. The number of allylic oxidation sites excluding steroid dienone is 2. The van der Waals surface area contributed by atoms with Crippen molar-refractivity contribution in [3.8, 4) is 0 Å². The summed E-state index contributed by atoms with van der Waals surface area (Å²) in [5.41, 5.74) is 4.25. The van der Waals surface area contributed by atoms with E-state index in [9.17, 15) is 18.7 Å². The second-order valence-corrected chi connectivity index (χ2v) is 7.55. The third-order valence-corrected chi connectivity index (χ3v) is 5.28. The number of aliphatic imine (C=N–C) groups is 1. The third kappa shape index (κ3) is 3.46. The van der Waals surface area contributed by atoms with E-state index in [1.165, 1.54) is 6.07 Å². The van der Waals surface area contributed by atoms with Gasteiger partial charge in [-0.05, 0) is 78.5 Å². The first-order valence-electron chi connectivity index (χ1n) is 8.51. The van der Waals surface area contributed by atoms with Gasteiger partial charge in [0.15, 0.2) is 0 Å². The van der Waals surface area contributed by atoms with Crippen molar-refractivity contribution >= 4 is 40.3 Å². The highest BCUT2D eigenvalue weighted by atomic mass is 79.9. The van der Waals surface area contributed by atoms with Crippen LogP contribution in [0, 0.1) is 24.0 Å². The molecule has 2 heterocycles. The molecule has 0 fully saturated rings. The Morgan fingerprint density at radius 3 is 2.43 bits per heavy atom. The Balaban J connectivity index is 2.42. The first kappa shape index (κ1) is 20.2. The van der Waals surface area contributed by atoms with E-state index < -0.39 is 12.3 Å². The highest BCUT2D eigenvalue weighted by Crippen LogP contribution is 2.39. The molecule has 0 spiro atoms. The molecule has 0 bridgehead atoms. The van der Waals surface area contributed by atoms with Crippen molar-refractivity contribution in [3.63, 3.8) is 0 Å². The van der Waals surface area contributed by atoms with Crippen LogP contribution in [-0.4, -0.2) is 22.5 Å². The van der Waals surface area contributed by atoms with Gasteiger partial charge in [-0.15, -0.1) is 0 Å². The Morgan fingerprint density at radius 1 is 1.21 bits per heavy atom. The Morgan fingerprint density at radius 2 is 1.89 bits per heavy atom. The van der Waals surface area contributed by atoms with E-state index in [2.05, 4.69) is 20.9 Å². The SMILES string of the molecule is CC1=CC(C)=N/C1=C(/c1ccc(Br)c([N+](=O)[O-])c1)c1c(C)cc(C)n1B(F)F. The lowest BCUT2D eigenvalue weighted by Gasteiger charge is -2.16. The van der Waals surface area contributed by atoms with Gasteiger partial charge in [0.1, 0.15) is 0 Å². The Labute approximate surface area is 169 Å². The molecule has 9 heteroatoms. The lowest BCUT2D eigenvalue weighted by atomic mass is 9.94. The number of benzene rings is 1. The highest BCUT2D eigenvalue weighted by Gasteiger charge is 2.30. The number of halogens is 3. The largest absolute Gasteiger partial charge is 0.677 e. The Bertz CT molecular complexity index is 1090. The molecule has 28 heavy (non-hydrogen) atoms. The van der Waals surface area contributed by atoms with Gasteiger partial charge in [0.05, 0.1) is 15.1 Å². The fraction of sp³-hybridized carbons (Fsp3) is 0.211. The fourth-order valence-electron chi connectivity index (χ4n) is 3.51. The molecule has 1 aliphatic heterocycles. The van der Waals surface area contributed by atoms with Crippen LogP contribution in [0.5, 0.6) is 0 Å². The summed E-state index contributed by atoms with van der Waals surface area (Å²) in [7, 11) is -2.75. The van der Waals surface area contributed by atoms with E-state index in [0.29, 0.717) is 38.3 Å². The van der Waals surface area contributed by atoms with Gasteiger partial charge in [-0.3, -0.25) is 23.7 Å². The topological polar surface area (TPSA) is 60.4 Å². The number of aromatic nitrogens is 1. The lowest BCUT2D eigenvalue weighted by molar-refractivity contribution is -0.385. The third-order valence-electron chi connectivity index (χ3n) is 4.61. The van der Waals surface area contributed by atoms with E-state index in [1.807, 2.05) is 19.9 Å². The van der Waals surface area contributed by atoms with E-state index >= 15 is 0 Å². The van der Waals surface area contributed by atoms with Gasteiger partial charge in [-0.25, -0.2) is 0 Å². The van der Waals surface area contributed by atoms with Crippen LogP contribution in [0.2, 0.25) is 0 Å². The Hall–Kier alpha value is -2.55. The van der Waals surface area contributed by atoms with Crippen molar-refractivity contribution in [3.05, 3.63) is 78.7 Å². The predicted octanol–water partition coefficient (Wildman–Crippen LogP) is 5.73. The number of aryl methyl sites for hydroxylation is 2. The molecule has 3 rings (SSSR count). The first-order valence-corrected chi connectivity index (χ1v) is 9.30. The summed E-state index contributed by atoms with van der Waals surface area (Å²) in [6.07, 6.45) is 1.86. The van der Waals surface area contributed by atoms with E-state index in [1.54, 1.807) is 32.0 Å². The van der Waals surface area contributed by atoms with Crippen LogP contribution in [-0.2, 0) is 0 Å². The van der Waals surface area contributed by atoms with Gasteiger partial charge in [0.2, 0.25) is 0 Å². The minimum absolute atomic E-state index is 0.138. The average molecular weight is 448 g/mol. The summed E-state index contributed by atoms with van der Waals surface area (Å²) in [5.74, 6) is 0. The maximum atomic E-state index is 13.9. The molecule has 0 radical (unpaired) electrons. The summed E-state index contributed by atoms with van der Waals surface area (Å²) >= 11 is 3.18. The maximum Gasteiger partial charge on any atom is 0.677 e. The quantitative estimate of drug-likeness (QED) is 0.341. The summed E-state index contributed by atoms with van der Waals surface area (Å²) in [5, 5.41) is 11.4. The minimum atomic E-state index is -2.75. The summed E-state index contributed by atoms with van der Waals surface area (Å²) in [6, 6.07) is 6.30. The molecule has 0 saturated heterocycles. The molecule has 2 aromatic rings. The molecule has 0 saturated carbocycles. The van der Waals surface area contributed by atoms with Crippen molar-refractivity contribution in [2.75, 3.05) is 0 Å². The normalized spacial score (nSPS) is 15.4. The van der Waals surface area contributed by atoms with Crippen LogP contribution in [0.25, 0.3) is 5.57 Å². The molecule has 0 amide bonds. The van der Waals surface area contributed by atoms with Crippen LogP contribution in [0.3, 0.4) is 0 Å². The zero-order chi connectivity index (χ0) is 20.7. The number of nitro groups is 1. The molecule has 144 valence electrons. The second kappa shape index (κ2) is 7.46. The van der Waals surface area contributed by atoms with Gasteiger partial charge in [0, 0.05) is 28.7 Å². The zero-order valence-corrected chi connectivity index (χ0v) is 17.3. The van der Waals surface area contributed by atoms with Gasteiger partial charge < -0.3 is 4.48 Å². The van der Waals surface area contributed by atoms with Crippen molar-refractivity contribution in [2.24, 2.45) is 4.99 Å². The molecule has 0 unspecified atom stereocenters. The number of rotatable bonds is 4. The smallest absolute Gasteiger partial charge is 0.329 e. The van der Waals surface area contributed by atoms with Gasteiger partial charge >= 0.3 is 7.40 Å². The molecule has 1 aromatic carbocycles. The number of hydrogen-bond donors (Lipinski definition) is 0. The molecular formula is C19H17BBrF2N3O2. The van der Waals surface area contributed by atoms with Crippen molar-refractivity contribution in [1.29, 1.82) is 0 Å². The Kier molecular flexibility index (Phi) is 5.38. The highest BCUT2D eigenvalue weighted by molar-refractivity contribution is 9.10. The monoisotopic (exact) mass is 447 g/mol. The van der Waals surface area contributed by atoms with Gasteiger partial charge in [-0.1, -0.05) is 6.07 Å². The van der Waals surface area contributed by atoms with Gasteiger partial charge in [0.25, 0.3) is 5.69 Å². The molecule has 1 aromatic heterocycles. The van der Waals surface area contributed by atoms with Crippen molar-refractivity contribution in [1.82, 2.24) is 4.48 Å².